The molecule has 0 atom stereocenters. The summed E-state index contributed by atoms with van der Waals surface area (Å²) in [7, 11) is -1.22. The Morgan fingerprint density at radius 2 is 1.88 bits per heavy atom. The highest BCUT2D eigenvalue weighted by Gasteiger charge is 2.06. The van der Waals surface area contributed by atoms with Crippen molar-refractivity contribution in [3.05, 3.63) is 0 Å². The largest absolute Gasteiger partial charge is 0.508 e. The summed E-state index contributed by atoms with van der Waals surface area (Å²) < 4.78 is 9.46. The van der Waals surface area contributed by atoms with Crippen molar-refractivity contribution in [1.82, 2.24) is 0 Å². The van der Waals surface area contributed by atoms with E-state index in [1.54, 1.807) is 6.92 Å². The lowest BCUT2D eigenvalue weighted by Gasteiger charge is -2.04. The highest BCUT2D eigenvalue weighted by Crippen LogP contribution is 1.99. The van der Waals surface area contributed by atoms with Crippen molar-refractivity contribution in [3.8, 4) is 11.5 Å². The molecule has 4 heteroatoms. The van der Waals surface area contributed by atoms with Crippen molar-refractivity contribution >= 4 is 14.2 Å². The van der Waals surface area contributed by atoms with Gasteiger partial charge in [0, 0.05) is 6.42 Å². The van der Waals surface area contributed by atoms with Crippen LogP contribution < -0.4 is 0 Å². The van der Waals surface area contributed by atoms with Crippen LogP contribution >= 0.6 is 0 Å². The summed E-state index contributed by atoms with van der Waals surface area (Å²) in [5.41, 5.74) is 3.30. The first kappa shape index (κ1) is 15.0. The summed E-state index contributed by atoms with van der Waals surface area (Å²) in [5.74, 6) is 3.18. The van der Waals surface area contributed by atoms with Gasteiger partial charge in [0.25, 0.3) is 0 Å². The lowest BCUT2D eigenvalue weighted by Crippen LogP contribution is -2.16. The average molecular weight is 242 g/mol. The van der Waals surface area contributed by atoms with Crippen molar-refractivity contribution in [2.24, 2.45) is 0 Å². The maximum atomic E-state index is 10.8. The molecule has 0 heterocycles. The molecule has 0 unspecified atom stereocenters. The van der Waals surface area contributed by atoms with E-state index in [1.807, 2.05) is 0 Å². The van der Waals surface area contributed by atoms with Crippen molar-refractivity contribution in [2.45, 2.75) is 45.8 Å². The second-order valence-electron chi connectivity index (χ2n) is 4.54. The predicted molar refractivity (Wildman–Crippen MR) is 67.9 cm³/mol. The van der Waals surface area contributed by atoms with Gasteiger partial charge in [-0.2, -0.15) is 0 Å². The van der Waals surface area contributed by atoms with Crippen LogP contribution in [0.4, 0.5) is 4.79 Å². The van der Waals surface area contributed by atoms with E-state index in [0.717, 1.165) is 19.3 Å². The summed E-state index contributed by atoms with van der Waals surface area (Å²) in [6.07, 6.45) is 2.13. The zero-order valence-corrected chi connectivity index (χ0v) is 11.8. The highest BCUT2D eigenvalue weighted by atomic mass is 28.3. The van der Waals surface area contributed by atoms with Crippen LogP contribution in [0.25, 0.3) is 0 Å². The van der Waals surface area contributed by atoms with Crippen LogP contribution in [0.15, 0.2) is 0 Å². The van der Waals surface area contributed by atoms with Crippen LogP contribution in [-0.4, -0.2) is 27.4 Å². The van der Waals surface area contributed by atoms with Crippen molar-refractivity contribution in [3.63, 3.8) is 0 Å². The highest BCUT2D eigenvalue weighted by molar-refractivity contribution is 6.83. The first-order valence-corrected chi connectivity index (χ1v) is 9.25. The van der Waals surface area contributed by atoms with Gasteiger partial charge >= 0.3 is 6.16 Å². The number of ether oxygens (including phenoxy) is 2. The third-order valence-corrected chi connectivity index (χ3v) is 2.57. The molecule has 0 aromatic rings. The molecule has 0 saturated heterocycles. The molecule has 0 N–H and O–H groups in total. The molecule has 0 bridgehead atoms. The Hall–Kier alpha value is -0.953. The maximum Gasteiger partial charge on any atom is 0.508 e. The van der Waals surface area contributed by atoms with E-state index in [9.17, 15) is 4.79 Å². The van der Waals surface area contributed by atoms with E-state index < -0.39 is 14.2 Å². The Bertz CT molecular complexity index is 258. The van der Waals surface area contributed by atoms with Gasteiger partial charge in [-0.05, 0) is 19.8 Å². The number of carbonyl (C=O) groups is 1. The molecule has 0 aliphatic rings. The van der Waals surface area contributed by atoms with Gasteiger partial charge in [0.1, 0.15) is 8.07 Å². The topological polar surface area (TPSA) is 35.5 Å². The summed E-state index contributed by atoms with van der Waals surface area (Å²) in [5, 5.41) is 0. The number of rotatable bonds is 5. The number of hydrogen-bond acceptors (Lipinski definition) is 3. The van der Waals surface area contributed by atoms with Crippen LogP contribution in [0.1, 0.15) is 26.2 Å². The molecule has 3 nitrogen and oxygen atoms in total. The van der Waals surface area contributed by atoms with Gasteiger partial charge in [-0.3, -0.25) is 0 Å². The smallest absolute Gasteiger partial charge is 0.435 e. The lowest BCUT2D eigenvalue weighted by atomic mass is 10.2. The zero-order chi connectivity index (χ0) is 12.4. The fourth-order valence-electron chi connectivity index (χ4n) is 0.958. The molecular formula is C12H22O3Si. The Morgan fingerprint density at radius 3 is 2.44 bits per heavy atom. The second-order valence-corrected chi connectivity index (χ2v) is 9.29. The Kier molecular flexibility index (Phi) is 7.74. The van der Waals surface area contributed by atoms with Gasteiger partial charge in [0.05, 0.1) is 13.2 Å². The van der Waals surface area contributed by atoms with Crippen LogP contribution in [0.5, 0.6) is 0 Å². The summed E-state index contributed by atoms with van der Waals surface area (Å²) in [6.45, 7) is 9.22. The Labute approximate surface area is 99.5 Å². The van der Waals surface area contributed by atoms with E-state index in [-0.39, 0.29) is 0 Å². The normalized spacial score (nSPS) is 10.2. The second kappa shape index (κ2) is 8.23. The van der Waals surface area contributed by atoms with Crippen LogP contribution in [0, 0.1) is 11.5 Å². The van der Waals surface area contributed by atoms with Gasteiger partial charge in [-0.25, -0.2) is 4.79 Å². The fraction of sp³-hybridized carbons (Fsp3) is 0.750. The third kappa shape index (κ3) is 11.1. The molecule has 0 amide bonds. The molecule has 92 valence electrons. The number of hydrogen-bond donors (Lipinski definition) is 0. The van der Waals surface area contributed by atoms with E-state index in [4.69, 9.17) is 4.74 Å². The monoisotopic (exact) mass is 242 g/mol. The van der Waals surface area contributed by atoms with Gasteiger partial charge < -0.3 is 9.47 Å². The molecule has 16 heavy (non-hydrogen) atoms. The molecule has 0 aromatic carbocycles. The van der Waals surface area contributed by atoms with Crippen LogP contribution in [0.3, 0.4) is 0 Å². The first-order valence-electron chi connectivity index (χ1n) is 5.75. The van der Waals surface area contributed by atoms with Crippen LogP contribution in [-0.2, 0) is 9.47 Å². The summed E-state index contributed by atoms with van der Waals surface area (Å²) in [6, 6.07) is 0. The van der Waals surface area contributed by atoms with Gasteiger partial charge in [0.15, 0.2) is 0 Å². The summed E-state index contributed by atoms with van der Waals surface area (Å²) in [4.78, 5) is 10.8. The molecule has 0 rings (SSSR count). The standard InChI is InChI=1S/C12H22O3Si/c1-5-14-12(13)15-10-8-6-7-9-11-16(2,3)4/h5-8,10H2,1-4H3. The quantitative estimate of drug-likeness (QED) is 0.321. The molecule has 0 spiro atoms. The molecule has 0 radical (unpaired) electrons. The fourth-order valence-corrected chi connectivity index (χ4v) is 1.61. The van der Waals surface area contributed by atoms with Crippen LogP contribution in [0.2, 0.25) is 19.6 Å². The summed E-state index contributed by atoms with van der Waals surface area (Å²) >= 11 is 0. The Morgan fingerprint density at radius 1 is 1.19 bits per heavy atom. The van der Waals surface area contributed by atoms with Crippen molar-refractivity contribution < 1.29 is 14.3 Å². The SMILES string of the molecule is CCOC(=O)OCCCCC#C[Si](C)(C)C. The minimum absolute atomic E-state index is 0.362. The minimum atomic E-state index is -1.22. The Balaban J connectivity index is 3.40. The third-order valence-electron chi connectivity index (χ3n) is 1.64. The molecule has 0 aliphatic carbocycles. The van der Waals surface area contributed by atoms with E-state index >= 15 is 0 Å². The molecular weight excluding hydrogens is 220 g/mol. The zero-order valence-electron chi connectivity index (χ0n) is 10.8. The van der Waals surface area contributed by atoms with Crippen molar-refractivity contribution in [2.75, 3.05) is 13.2 Å². The van der Waals surface area contributed by atoms with E-state index in [0.29, 0.717) is 13.2 Å². The van der Waals surface area contributed by atoms with Crippen molar-refractivity contribution in [1.29, 1.82) is 0 Å². The lowest BCUT2D eigenvalue weighted by molar-refractivity contribution is 0.0580. The number of unbranched alkanes of at least 4 members (excludes halogenated alkanes) is 2. The predicted octanol–water partition coefficient (Wildman–Crippen LogP) is 3.21. The van der Waals surface area contributed by atoms with E-state index in [1.165, 1.54) is 0 Å². The van der Waals surface area contributed by atoms with Gasteiger partial charge in [-0.1, -0.05) is 19.6 Å². The van der Waals surface area contributed by atoms with Gasteiger partial charge in [0.2, 0.25) is 0 Å². The average Bonchev–Trinajstić information content (AvgIpc) is 2.15. The first-order chi connectivity index (χ1) is 7.45. The maximum absolute atomic E-state index is 10.8. The minimum Gasteiger partial charge on any atom is -0.435 e. The molecule has 0 aromatic heterocycles. The molecule has 0 aliphatic heterocycles. The van der Waals surface area contributed by atoms with E-state index in [2.05, 4.69) is 35.8 Å². The molecule has 0 saturated carbocycles. The molecule has 0 fully saturated rings. The van der Waals surface area contributed by atoms with Gasteiger partial charge in [-0.15, -0.1) is 11.5 Å². The number of carbonyl (C=O) groups excluding carboxylic acids is 1.